The Labute approximate surface area is 95.7 Å². The van der Waals surface area contributed by atoms with Crippen LogP contribution >= 0.6 is 0 Å². The minimum atomic E-state index is -3.21. The fourth-order valence-corrected chi connectivity index (χ4v) is 0.637. The van der Waals surface area contributed by atoms with Crippen molar-refractivity contribution >= 4 is 11.9 Å². The predicted molar refractivity (Wildman–Crippen MR) is 36.3 cm³/mol. The SMILES string of the molecule is N.N.[2H]C1([2H])CC([2H])([2H])C1(C(=O)[O-])C(=O)[O-].[Pt+2]. The summed E-state index contributed by atoms with van der Waals surface area (Å²) < 4.78 is 28.3. The second kappa shape index (κ2) is 6.07. The van der Waals surface area contributed by atoms with Gasteiger partial charge in [-0.1, -0.05) is 6.42 Å². The minimum absolute atomic E-state index is 0. The zero-order valence-corrected chi connectivity index (χ0v) is 8.84. The summed E-state index contributed by atoms with van der Waals surface area (Å²) in [4.78, 5) is 21.1. The Bertz CT molecular complexity index is 295. The Kier molecular flexibility index (Phi) is 4.26. The van der Waals surface area contributed by atoms with Crippen LogP contribution in [-0.4, -0.2) is 11.9 Å². The Morgan fingerprint density at radius 3 is 1.54 bits per heavy atom. The summed E-state index contributed by atoms with van der Waals surface area (Å²) in [5.74, 6) is -4.59. The second-order valence-corrected chi connectivity index (χ2v) is 1.86. The van der Waals surface area contributed by atoms with Crippen molar-refractivity contribution in [2.45, 2.75) is 19.2 Å². The molecule has 0 atom stereocenters. The summed E-state index contributed by atoms with van der Waals surface area (Å²) in [7, 11) is 0. The molecule has 0 bridgehead atoms. The van der Waals surface area contributed by atoms with Crippen molar-refractivity contribution in [1.29, 1.82) is 0 Å². The number of carboxylic acid groups (broad SMARTS) is 2. The predicted octanol–water partition coefficient (Wildman–Crippen LogP) is -2.02. The third-order valence-electron chi connectivity index (χ3n) is 1.32. The zero-order valence-electron chi connectivity index (χ0n) is 10.6. The molecule has 0 aromatic heterocycles. The largest absolute Gasteiger partial charge is 2.00 e. The van der Waals surface area contributed by atoms with Crippen LogP contribution in [-0.2, 0) is 30.7 Å². The van der Waals surface area contributed by atoms with Crippen molar-refractivity contribution in [2.75, 3.05) is 0 Å². The van der Waals surface area contributed by atoms with Crippen LogP contribution in [0.25, 0.3) is 0 Å². The molecule has 13 heavy (non-hydrogen) atoms. The molecule has 6 nitrogen and oxygen atoms in total. The molecule has 0 spiro atoms. The van der Waals surface area contributed by atoms with Crippen molar-refractivity contribution in [1.82, 2.24) is 12.3 Å². The van der Waals surface area contributed by atoms with Gasteiger partial charge >= 0.3 is 21.1 Å². The molecule has 0 aromatic rings. The van der Waals surface area contributed by atoms with Gasteiger partial charge < -0.3 is 32.1 Å². The second-order valence-electron chi connectivity index (χ2n) is 1.86. The van der Waals surface area contributed by atoms with Gasteiger partial charge in [0.15, 0.2) is 0 Å². The number of carbonyl (C=O) groups excluding carboxylic acids is 2. The third-order valence-corrected chi connectivity index (χ3v) is 1.32. The molecule has 6 N–H and O–H groups in total. The molecule has 0 saturated heterocycles. The van der Waals surface area contributed by atoms with Gasteiger partial charge in [0, 0.05) is 10.9 Å². The van der Waals surface area contributed by atoms with E-state index < -0.39 is 36.5 Å². The van der Waals surface area contributed by atoms with E-state index in [1.165, 1.54) is 0 Å². The van der Waals surface area contributed by atoms with Crippen molar-refractivity contribution in [2.24, 2.45) is 5.41 Å². The molecule has 0 aliphatic heterocycles. The van der Waals surface area contributed by atoms with Gasteiger partial charge in [-0.15, -0.1) is 0 Å². The van der Waals surface area contributed by atoms with Crippen LogP contribution in [0, 0.1) is 5.41 Å². The topological polar surface area (TPSA) is 150 Å². The van der Waals surface area contributed by atoms with E-state index in [1.54, 1.807) is 0 Å². The summed E-state index contributed by atoms with van der Waals surface area (Å²) in [6.07, 6.45) is -6.18. The maximum absolute atomic E-state index is 10.6. The molecule has 1 saturated carbocycles. The van der Waals surface area contributed by atoms with Crippen molar-refractivity contribution in [3.05, 3.63) is 0 Å². The molecule has 80 valence electrons. The van der Waals surface area contributed by atoms with Gasteiger partial charge in [-0.25, -0.2) is 0 Å². The Hall–Kier alpha value is -0.452. The van der Waals surface area contributed by atoms with E-state index in [9.17, 15) is 19.8 Å². The Balaban J connectivity index is -0.000000653. The Morgan fingerprint density at radius 1 is 1.15 bits per heavy atom. The molecular formula is C6H12N2O4Pt. The first kappa shape index (κ1) is 9.12. The molecular weight excluding hydrogens is 359 g/mol. The first-order valence-electron chi connectivity index (χ1n) is 4.52. The maximum atomic E-state index is 10.6. The van der Waals surface area contributed by atoms with Gasteiger partial charge in [-0.05, 0) is 12.7 Å². The minimum Gasteiger partial charge on any atom is -0.549 e. The fraction of sp³-hybridized carbons (Fsp3) is 0.667. The third kappa shape index (κ3) is 2.76. The fourth-order valence-electron chi connectivity index (χ4n) is 0.637. The Morgan fingerprint density at radius 2 is 1.46 bits per heavy atom. The number of hydrogen-bond acceptors (Lipinski definition) is 6. The maximum Gasteiger partial charge on any atom is 2.00 e. The molecule has 0 heterocycles. The molecule has 7 heteroatoms. The first-order valence-corrected chi connectivity index (χ1v) is 2.52. The molecule has 0 amide bonds. The van der Waals surface area contributed by atoms with E-state index in [-0.39, 0.29) is 33.4 Å². The number of carboxylic acids is 2. The van der Waals surface area contributed by atoms with E-state index in [0.29, 0.717) is 0 Å². The van der Waals surface area contributed by atoms with Crippen LogP contribution in [0.3, 0.4) is 0 Å². The average Bonchev–Trinajstić information content (AvgIpc) is 1.77. The average molecular weight is 375 g/mol. The molecule has 0 aromatic carbocycles. The van der Waals surface area contributed by atoms with Gasteiger partial charge in [0.1, 0.15) is 0 Å². The van der Waals surface area contributed by atoms with Crippen molar-refractivity contribution in [3.63, 3.8) is 0 Å². The quantitative estimate of drug-likeness (QED) is 0.532. The van der Waals surface area contributed by atoms with Gasteiger partial charge in [0.2, 0.25) is 0 Å². The van der Waals surface area contributed by atoms with Crippen molar-refractivity contribution < 1.29 is 46.4 Å². The zero-order chi connectivity index (χ0) is 11.4. The van der Waals surface area contributed by atoms with E-state index in [4.69, 9.17) is 5.48 Å². The molecule has 0 unspecified atom stereocenters. The molecule has 1 rings (SSSR count). The van der Waals surface area contributed by atoms with E-state index >= 15 is 0 Å². The molecule has 0 radical (unpaired) electrons. The smallest absolute Gasteiger partial charge is 0.549 e. The summed E-state index contributed by atoms with van der Waals surface area (Å²) >= 11 is 0. The van der Waals surface area contributed by atoms with Crippen LogP contribution < -0.4 is 22.5 Å². The van der Waals surface area contributed by atoms with Gasteiger partial charge in [-0.2, -0.15) is 0 Å². The standard InChI is InChI=1S/C6H8O4.2H3N.Pt/c7-4(8)6(5(9)10)2-1-3-6;;;/h1-3H2,(H,7,8)(H,9,10);2*1H3;/q;;;+2/p-2/i2D2,3D2;;;. The number of rotatable bonds is 2. The molecule has 1 aliphatic rings. The van der Waals surface area contributed by atoms with Crippen LogP contribution in [0.5, 0.6) is 0 Å². The van der Waals surface area contributed by atoms with E-state index in [0.717, 1.165) is 0 Å². The molecule has 1 fully saturated rings. The van der Waals surface area contributed by atoms with Crippen LogP contribution in [0.4, 0.5) is 0 Å². The van der Waals surface area contributed by atoms with E-state index in [2.05, 4.69) is 0 Å². The van der Waals surface area contributed by atoms with Gasteiger partial charge in [0.05, 0.1) is 11.9 Å². The van der Waals surface area contributed by atoms with Crippen LogP contribution in [0.2, 0.25) is 0 Å². The van der Waals surface area contributed by atoms with Crippen LogP contribution in [0.1, 0.15) is 24.6 Å². The summed E-state index contributed by atoms with van der Waals surface area (Å²) in [5, 5.41) is 21.1. The number of carbonyl (C=O) groups is 2. The number of aliphatic carboxylic acids is 2. The van der Waals surface area contributed by atoms with Crippen molar-refractivity contribution in [3.8, 4) is 0 Å². The van der Waals surface area contributed by atoms with Gasteiger partial charge in [0.25, 0.3) is 0 Å². The number of hydrogen-bond donors (Lipinski definition) is 2. The molecule has 1 aliphatic carbocycles. The summed E-state index contributed by atoms with van der Waals surface area (Å²) in [5.41, 5.74) is -3.21. The monoisotopic (exact) mass is 375 g/mol. The first-order chi connectivity index (χ1) is 6.09. The normalized spacial score (nSPS) is 28.6. The van der Waals surface area contributed by atoms with E-state index in [1.807, 2.05) is 0 Å². The van der Waals surface area contributed by atoms with Gasteiger partial charge in [-0.3, -0.25) is 0 Å². The van der Waals surface area contributed by atoms with Crippen LogP contribution in [0.15, 0.2) is 0 Å². The summed E-state index contributed by atoms with van der Waals surface area (Å²) in [6, 6.07) is 0. The summed E-state index contributed by atoms with van der Waals surface area (Å²) in [6.45, 7) is 0.